The van der Waals surface area contributed by atoms with Gasteiger partial charge in [0, 0.05) is 0 Å². The summed E-state index contributed by atoms with van der Waals surface area (Å²) in [4.78, 5) is 0. The molecule has 0 aliphatic heterocycles. The summed E-state index contributed by atoms with van der Waals surface area (Å²) in [5.74, 6) is 0.577. The van der Waals surface area contributed by atoms with Crippen molar-refractivity contribution in [3.63, 3.8) is 0 Å². The van der Waals surface area contributed by atoms with Gasteiger partial charge in [-0.25, -0.2) is 0 Å². The Morgan fingerprint density at radius 3 is 2.57 bits per heavy atom. The van der Waals surface area contributed by atoms with Gasteiger partial charge in [-0.15, -0.1) is 0 Å². The fraction of sp³-hybridized carbons (Fsp3) is 0.385. The Morgan fingerprint density at radius 1 is 1.36 bits per heavy atom. The van der Waals surface area contributed by atoms with Crippen LogP contribution in [0.3, 0.4) is 0 Å². The van der Waals surface area contributed by atoms with Crippen LogP contribution in [-0.4, -0.2) is 6.54 Å². The van der Waals surface area contributed by atoms with Crippen molar-refractivity contribution in [1.29, 1.82) is 0 Å². The molecular formula is C13H19N. The molecule has 2 N–H and O–H groups in total. The number of rotatable bonds is 4. The fourth-order valence-electron chi connectivity index (χ4n) is 1.29. The average molecular weight is 189 g/mol. The fourth-order valence-corrected chi connectivity index (χ4v) is 1.29. The van der Waals surface area contributed by atoms with E-state index in [4.69, 9.17) is 5.73 Å². The van der Waals surface area contributed by atoms with Crippen LogP contribution in [0.5, 0.6) is 0 Å². The van der Waals surface area contributed by atoms with E-state index >= 15 is 0 Å². The number of hydrogen-bond donors (Lipinski definition) is 1. The second-order valence-corrected chi connectivity index (χ2v) is 3.83. The van der Waals surface area contributed by atoms with Crippen molar-refractivity contribution in [3.8, 4) is 0 Å². The molecule has 0 saturated carbocycles. The van der Waals surface area contributed by atoms with Crippen LogP contribution in [0.1, 0.15) is 25.8 Å². The molecule has 1 aromatic carbocycles. The Kier molecular flexibility index (Phi) is 4.41. The third-order valence-corrected chi connectivity index (χ3v) is 2.46. The summed E-state index contributed by atoms with van der Waals surface area (Å²) >= 11 is 0. The number of hydrogen-bond acceptors (Lipinski definition) is 1. The monoisotopic (exact) mass is 189 g/mol. The summed E-state index contributed by atoms with van der Waals surface area (Å²) in [6, 6.07) is 10.5. The normalized spacial score (nSPS) is 14.1. The first kappa shape index (κ1) is 11.0. The van der Waals surface area contributed by atoms with Crippen molar-refractivity contribution in [3.05, 3.63) is 42.0 Å². The summed E-state index contributed by atoms with van der Waals surface area (Å²) in [6.07, 6.45) is 3.34. The third-order valence-electron chi connectivity index (χ3n) is 2.46. The lowest BCUT2D eigenvalue weighted by Crippen LogP contribution is -2.09. The molecule has 0 saturated heterocycles. The first-order valence-corrected chi connectivity index (χ1v) is 5.16. The highest BCUT2D eigenvalue weighted by Gasteiger charge is 1.97. The van der Waals surface area contributed by atoms with E-state index in [1.807, 2.05) is 6.07 Å². The Bertz CT molecular complexity index is 287. The van der Waals surface area contributed by atoms with Crippen molar-refractivity contribution in [2.45, 2.75) is 20.3 Å². The Labute approximate surface area is 86.6 Å². The van der Waals surface area contributed by atoms with E-state index in [1.165, 1.54) is 11.1 Å². The van der Waals surface area contributed by atoms with Gasteiger partial charge in [0.15, 0.2) is 0 Å². The van der Waals surface area contributed by atoms with Crippen LogP contribution in [0, 0.1) is 5.92 Å². The molecule has 14 heavy (non-hydrogen) atoms. The van der Waals surface area contributed by atoms with Gasteiger partial charge in [0.1, 0.15) is 0 Å². The highest BCUT2D eigenvalue weighted by Crippen LogP contribution is 2.15. The smallest absolute Gasteiger partial charge is 0.00485 e. The highest BCUT2D eigenvalue weighted by atomic mass is 14.5. The van der Waals surface area contributed by atoms with Crippen LogP contribution < -0.4 is 5.73 Å². The van der Waals surface area contributed by atoms with Crippen LogP contribution in [0.4, 0.5) is 0 Å². The number of nitrogens with two attached hydrogens (primary N) is 1. The molecule has 1 nitrogen and oxygen atoms in total. The minimum Gasteiger partial charge on any atom is -0.330 e. The van der Waals surface area contributed by atoms with Gasteiger partial charge in [-0.05, 0) is 36.9 Å². The molecule has 76 valence electrons. The summed E-state index contributed by atoms with van der Waals surface area (Å²) in [5.41, 5.74) is 8.21. The highest BCUT2D eigenvalue weighted by molar-refractivity contribution is 5.63. The lowest BCUT2D eigenvalue weighted by molar-refractivity contribution is 0.606. The van der Waals surface area contributed by atoms with Crippen molar-refractivity contribution < 1.29 is 0 Å². The van der Waals surface area contributed by atoms with Crippen LogP contribution >= 0.6 is 0 Å². The molecule has 1 rings (SSSR count). The summed E-state index contributed by atoms with van der Waals surface area (Å²) < 4.78 is 0. The minimum atomic E-state index is 0.577. The molecule has 1 aromatic rings. The Balaban J connectivity index is 2.61. The quantitative estimate of drug-likeness (QED) is 0.774. The zero-order chi connectivity index (χ0) is 10.4. The molecule has 0 heterocycles. The van der Waals surface area contributed by atoms with Crippen molar-refractivity contribution >= 4 is 5.57 Å². The van der Waals surface area contributed by atoms with Gasteiger partial charge in [0.25, 0.3) is 0 Å². The van der Waals surface area contributed by atoms with Gasteiger partial charge in [-0.3, -0.25) is 0 Å². The molecule has 0 bridgehead atoms. The van der Waals surface area contributed by atoms with E-state index in [2.05, 4.69) is 44.2 Å². The van der Waals surface area contributed by atoms with Gasteiger partial charge in [0.05, 0.1) is 0 Å². The van der Waals surface area contributed by atoms with E-state index in [0.29, 0.717) is 5.92 Å². The maximum Gasteiger partial charge on any atom is -0.00485 e. The molecule has 0 aliphatic rings. The topological polar surface area (TPSA) is 26.0 Å². The molecular weight excluding hydrogens is 170 g/mol. The standard InChI is InChI=1S/C13H19N/c1-11(10-14)8-9-12(2)13-6-4-3-5-7-13/h3-7,9,11H,8,10,14H2,1-2H3. The van der Waals surface area contributed by atoms with Crippen molar-refractivity contribution in [2.75, 3.05) is 6.54 Å². The van der Waals surface area contributed by atoms with Gasteiger partial charge < -0.3 is 5.73 Å². The average Bonchev–Trinajstić information content (AvgIpc) is 2.26. The molecule has 1 atom stereocenters. The lowest BCUT2D eigenvalue weighted by Gasteiger charge is -2.05. The summed E-state index contributed by atoms with van der Waals surface area (Å²) in [6.45, 7) is 5.09. The van der Waals surface area contributed by atoms with E-state index in [1.54, 1.807) is 0 Å². The lowest BCUT2D eigenvalue weighted by atomic mass is 10.0. The van der Waals surface area contributed by atoms with Gasteiger partial charge in [0.2, 0.25) is 0 Å². The number of allylic oxidation sites excluding steroid dienone is 2. The van der Waals surface area contributed by atoms with E-state index in [9.17, 15) is 0 Å². The predicted molar refractivity (Wildman–Crippen MR) is 62.9 cm³/mol. The predicted octanol–water partition coefficient (Wildman–Crippen LogP) is 3.07. The number of benzene rings is 1. The van der Waals surface area contributed by atoms with Gasteiger partial charge in [-0.2, -0.15) is 0 Å². The third kappa shape index (κ3) is 3.35. The molecule has 0 aromatic heterocycles. The zero-order valence-electron chi connectivity index (χ0n) is 9.03. The second-order valence-electron chi connectivity index (χ2n) is 3.83. The van der Waals surface area contributed by atoms with E-state index in [0.717, 1.165) is 13.0 Å². The Morgan fingerprint density at radius 2 is 2.00 bits per heavy atom. The van der Waals surface area contributed by atoms with Crippen molar-refractivity contribution in [2.24, 2.45) is 11.7 Å². The molecule has 0 amide bonds. The SMILES string of the molecule is CC(=CCC(C)CN)c1ccccc1. The second kappa shape index (κ2) is 5.61. The first-order valence-electron chi connectivity index (χ1n) is 5.16. The van der Waals surface area contributed by atoms with Crippen LogP contribution in [0.15, 0.2) is 36.4 Å². The Hall–Kier alpha value is -1.08. The molecule has 0 aliphatic carbocycles. The molecule has 0 radical (unpaired) electrons. The maximum atomic E-state index is 5.57. The molecule has 0 spiro atoms. The zero-order valence-corrected chi connectivity index (χ0v) is 9.03. The minimum absolute atomic E-state index is 0.577. The molecule has 1 unspecified atom stereocenters. The molecule has 1 heteroatoms. The van der Waals surface area contributed by atoms with Crippen LogP contribution in [0.25, 0.3) is 5.57 Å². The van der Waals surface area contributed by atoms with Crippen LogP contribution in [-0.2, 0) is 0 Å². The van der Waals surface area contributed by atoms with Crippen LogP contribution in [0.2, 0.25) is 0 Å². The summed E-state index contributed by atoms with van der Waals surface area (Å²) in [7, 11) is 0. The van der Waals surface area contributed by atoms with Gasteiger partial charge in [-0.1, -0.05) is 43.3 Å². The largest absolute Gasteiger partial charge is 0.330 e. The molecule has 0 fully saturated rings. The maximum absolute atomic E-state index is 5.57. The van der Waals surface area contributed by atoms with Crippen molar-refractivity contribution in [1.82, 2.24) is 0 Å². The first-order chi connectivity index (χ1) is 6.74. The van der Waals surface area contributed by atoms with E-state index in [-0.39, 0.29) is 0 Å². The van der Waals surface area contributed by atoms with E-state index < -0.39 is 0 Å². The summed E-state index contributed by atoms with van der Waals surface area (Å²) in [5, 5.41) is 0. The van der Waals surface area contributed by atoms with Gasteiger partial charge >= 0.3 is 0 Å².